The zero-order valence-electron chi connectivity index (χ0n) is 21.4. The molecule has 10 nitrogen and oxygen atoms in total. The Bertz CT molecular complexity index is 1140. The first kappa shape index (κ1) is 25.5. The number of aromatic nitrogens is 2. The van der Waals surface area contributed by atoms with E-state index in [4.69, 9.17) is 9.47 Å². The normalized spacial score (nSPS) is 20.3. The predicted molar refractivity (Wildman–Crippen MR) is 133 cm³/mol. The van der Waals surface area contributed by atoms with Gasteiger partial charge in [0, 0.05) is 31.3 Å². The lowest BCUT2D eigenvalue weighted by Gasteiger charge is -2.41. The lowest BCUT2D eigenvalue weighted by molar-refractivity contribution is -0.133. The summed E-state index contributed by atoms with van der Waals surface area (Å²) in [6.45, 7) is 2.10. The van der Waals surface area contributed by atoms with Crippen molar-refractivity contribution in [1.29, 1.82) is 0 Å². The molecule has 1 aromatic carbocycles. The van der Waals surface area contributed by atoms with Crippen molar-refractivity contribution in [2.75, 3.05) is 21.3 Å². The molecule has 2 heterocycles. The third kappa shape index (κ3) is 5.03. The Labute approximate surface area is 211 Å². The molecule has 1 fully saturated rings. The third-order valence-corrected chi connectivity index (χ3v) is 7.34. The number of nitrogens with one attached hydrogen (secondary N) is 2. The van der Waals surface area contributed by atoms with Gasteiger partial charge in [-0.25, -0.2) is 0 Å². The minimum Gasteiger partial charge on any atom is -0.497 e. The molecule has 2 aliphatic rings. The first-order valence-electron chi connectivity index (χ1n) is 12.4. The molecule has 3 amide bonds. The van der Waals surface area contributed by atoms with Gasteiger partial charge in [-0.1, -0.05) is 25.7 Å². The molecule has 194 valence electrons. The number of amides is 3. The van der Waals surface area contributed by atoms with Gasteiger partial charge in [0.2, 0.25) is 5.91 Å². The van der Waals surface area contributed by atoms with E-state index in [1.807, 2.05) is 0 Å². The van der Waals surface area contributed by atoms with Crippen LogP contribution in [0.2, 0.25) is 0 Å². The van der Waals surface area contributed by atoms with E-state index in [0.717, 1.165) is 31.2 Å². The number of methoxy groups -OCH3 is 2. The van der Waals surface area contributed by atoms with Crippen LogP contribution in [0, 0.1) is 0 Å². The second-order valence-corrected chi connectivity index (χ2v) is 9.73. The van der Waals surface area contributed by atoms with Crippen molar-refractivity contribution in [3.05, 3.63) is 41.2 Å². The Morgan fingerprint density at radius 1 is 1.11 bits per heavy atom. The van der Waals surface area contributed by atoms with Gasteiger partial charge >= 0.3 is 0 Å². The van der Waals surface area contributed by atoms with Gasteiger partial charge in [-0.3, -0.25) is 19.1 Å². The molecular weight excluding hydrogens is 462 g/mol. The lowest BCUT2D eigenvalue weighted by Crippen LogP contribution is -2.63. The molecule has 4 rings (SSSR count). The number of ether oxygens (including phenoxy) is 2. The zero-order valence-corrected chi connectivity index (χ0v) is 21.4. The summed E-state index contributed by atoms with van der Waals surface area (Å²) < 4.78 is 12.1. The summed E-state index contributed by atoms with van der Waals surface area (Å²) in [5.41, 5.74) is 0.0283. The molecular formula is C26H35N5O5. The summed E-state index contributed by atoms with van der Waals surface area (Å²) >= 11 is 0. The number of carbonyl (C=O) groups is 3. The SMILES string of the molecule is COc1ccc(OC)c(CNC(=O)c2cc3n(n2)C[C@](C)(C(=O)NC2CCCCCC2)N(C)C3=O)c1. The number of rotatable bonds is 7. The smallest absolute Gasteiger partial charge is 0.272 e. The Morgan fingerprint density at radius 2 is 1.83 bits per heavy atom. The van der Waals surface area contributed by atoms with Crippen LogP contribution < -0.4 is 20.1 Å². The van der Waals surface area contributed by atoms with Gasteiger partial charge in [0.15, 0.2) is 5.69 Å². The number of carbonyl (C=O) groups excluding carboxylic acids is 3. The van der Waals surface area contributed by atoms with Gasteiger partial charge in [-0.2, -0.15) is 5.10 Å². The van der Waals surface area contributed by atoms with Crippen molar-refractivity contribution >= 4 is 17.7 Å². The van der Waals surface area contributed by atoms with Crippen LogP contribution in [0.4, 0.5) is 0 Å². The summed E-state index contributed by atoms with van der Waals surface area (Å²) in [7, 11) is 4.75. The Balaban J connectivity index is 1.48. The van der Waals surface area contributed by atoms with E-state index in [1.54, 1.807) is 46.4 Å². The number of hydrogen-bond donors (Lipinski definition) is 2. The molecule has 10 heteroatoms. The van der Waals surface area contributed by atoms with E-state index in [-0.39, 0.29) is 42.3 Å². The number of benzene rings is 1. The van der Waals surface area contributed by atoms with Gasteiger partial charge in [-0.05, 0) is 38.0 Å². The van der Waals surface area contributed by atoms with E-state index in [0.29, 0.717) is 11.5 Å². The zero-order chi connectivity index (χ0) is 25.9. The fourth-order valence-electron chi connectivity index (χ4n) is 4.89. The summed E-state index contributed by atoms with van der Waals surface area (Å²) in [6.07, 6.45) is 6.48. The molecule has 1 aliphatic carbocycles. The fraction of sp³-hybridized carbons (Fsp3) is 0.538. The van der Waals surface area contributed by atoms with Crippen molar-refractivity contribution < 1.29 is 23.9 Å². The van der Waals surface area contributed by atoms with E-state index in [2.05, 4.69) is 15.7 Å². The molecule has 0 radical (unpaired) electrons. The summed E-state index contributed by atoms with van der Waals surface area (Å²) in [5, 5.41) is 10.4. The monoisotopic (exact) mass is 497 g/mol. The minimum absolute atomic E-state index is 0.113. The molecule has 2 aromatic rings. The molecule has 1 saturated carbocycles. The van der Waals surface area contributed by atoms with Gasteiger partial charge in [0.1, 0.15) is 22.7 Å². The van der Waals surface area contributed by atoms with Crippen LogP contribution in [-0.2, 0) is 17.9 Å². The highest BCUT2D eigenvalue weighted by Gasteiger charge is 2.46. The van der Waals surface area contributed by atoms with Crippen LogP contribution in [0.1, 0.15) is 72.0 Å². The van der Waals surface area contributed by atoms with Gasteiger partial charge in [0.25, 0.3) is 11.8 Å². The highest BCUT2D eigenvalue weighted by molar-refractivity contribution is 6.01. The first-order valence-corrected chi connectivity index (χ1v) is 12.4. The summed E-state index contributed by atoms with van der Waals surface area (Å²) in [6, 6.07) is 6.92. The van der Waals surface area contributed by atoms with Crippen LogP contribution >= 0.6 is 0 Å². The quantitative estimate of drug-likeness (QED) is 0.568. The van der Waals surface area contributed by atoms with Gasteiger partial charge in [-0.15, -0.1) is 0 Å². The lowest BCUT2D eigenvalue weighted by atomic mass is 9.95. The number of fused-ring (bicyclic) bond motifs is 1. The van der Waals surface area contributed by atoms with Crippen molar-refractivity contribution in [3.63, 3.8) is 0 Å². The molecule has 1 atom stereocenters. The van der Waals surface area contributed by atoms with Crippen LogP contribution in [-0.4, -0.2) is 65.2 Å². The van der Waals surface area contributed by atoms with E-state index >= 15 is 0 Å². The topological polar surface area (TPSA) is 115 Å². The van der Waals surface area contributed by atoms with E-state index < -0.39 is 11.4 Å². The van der Waals surface area contributed by atoms with Crippen molar-refractivity contribution in [2.45, 2.75) is 70.1 Å². The maximum atomic E-state index is 13.3. The second-order valence-electron chi connectivity index (χ2n) is 9.73. The highest BCUT2D eigenvalue weighted by Crippen LogP contribution is 2.28. The minimum atomic E-state index is -1.11. The number of likely N-dealkylation sites (N-methyl/N-ethyl adjacent to an activating group) is 1. The Hall–Kier alpha value is -3.56. The third-order valence-electron chi connectivity index (χ3n) is 7.34. The molecule has 0 saturated heterocycles. The number of hydrogen-bond acceptors (Lipinski definition) is 6. The van der Waals surface area contributed by atoms with Crippen LogP contribution in [0.3, 0.4) is 0 Å². The standard InChI is InChI=1S/C26H35N5O5/c1-26(25(34)28-18-9-7-5-6-8-10-18)16-31-21(24(33)30(26)2)14-20(29-31)23(32)27-15-17-13-19(35-3)11-12-22(17)36-4/h11-14,18H,5-10,15-16H2,1-4H3,(H,27,32)(H,28,34)/t26-/m1/s1. The van der Waals surface area contributed by atoms with Crippen molar-refractivity contribution in [2.24, 2.45) is 0 Å². The summed E-state index contributed by atoms with van der Waals surface area (Å²) in [5.74, 6) is 0.296. The average molecular weight is 498 g/mol. The summed E-state index contributed by atoms with van der Waals surface area (Å²) in [4.78, 5) is 40.9. The molecule has 2 N–H and O–H groups in total. The second kappa shape index (κ2) is 10.6. The molecule has 0 bridgehead atoms. The number of nitrogens with zero attached hydrogens (tertiary/aromatic N) is 3. The van der Waals surface area contributed by atoms with E-state index in [1.165, 1.54) is 28.5 Å². The highest BCUT2D eigenvalue weighted by atomic mass is 16.5. The van der Waals surface area contributed by atoms with Crippen LogP contribution in [0.15, 0.2) is 24.3 Å². The molecule has 0 spiro atoms. The first-order chi connectivity index (χ1) is 17.3. The van der Waals surface area contributed by atoms with Crippen LogP contribution in [0.25, 0.3) is 0 Å². The Morgan fingerprint density at radius 3 is 2.50 bits per heavy atom. The van der Waals surface area contributed by atoms with Crippen LogP contribution in [0.5, 0.6) is 11.5 Å². The van der Waals surface area contributed by atoms with Crippen molar-refractivity contribution in [3.8, 4) is 11.5 Å². The molecule has 1 aromatic heterocycles. The predicted octanol–water partition coefficient (Wildman–Crippen LogP) is 2.51. The largest absolute Gasteiger partial charge is 0.497 e. The fourth-order valence-corrected chi connectivity index (χ4v) is 4.89. The maximum absolute atomic E-state index is 13.3. The van der Waals surface area contributed by atoms with E-state index in [9.17, 15) is 14.4 Å². The maximum Gasteiger partial charge on any atom is 0.272 e. The molecule has 1 aliphatic heterocycles. The molecule has 0 unspecified atom stereocenters. The molecule has 36 heavy (non-hydrogen) atoms. The van der Waals surface area contributed by atoms with Crippen molar-refractivity contribution in [1.82, 2.24) is 25.3 Å². The van der Waals surface area contributed by atoms with Gasteiger partial charge < -0.3 is 25.0 Å². The average Bonchev–Trinajstić information content (AvgIpc) is 3.13. The van der Waals surface area contributed by atoms with Gasteiger partial charge in [0.05, 0.1) is 20.8 Å². The Kier molecular flexibility index (Phi) is 7.51.